The van der Waals surface area contributed by atoms with Gasteiger partial charge in [-0.15, -0.1) is 0 Å². The Bertz CT molecular complexity index is 462. The van der Waals surface area contributed by atoms with Gasteiger partial charge in [-0.3, -0.25) is 9.69 Å². The number of carbonyl (C=O) groups is 1. The second-order valence-corrected chi connectivity index (χ2v) is 5.89. The Balaban J connectivity index is 1.84. The van der Waals surface area contributed by atoms with Crippen LogP contribution in [0.3, 0.4) is 0 Å². The van der Waals surface area contributed by atoms with Gasteiger partial charge in [0, 0.05) is 43.4 Å². The van der Waals surface area contributed by atoms with Gasteiger partial charge in [0.2, 0.25) is 0 Å². The van der Waals surface area contributed by atoms with Crippen molar-refractivity contribution in [3.8, 4) is 5.75 Å². The van der Waals surface area contributed by atoms with E-state index in [1.165, 1.54) is 11.5 Å². The normalized spacial score (nSPS) is 15.8. The zero-order valence-electron chi connectivity index (χ0n) is 11.7. The zero-order chi connectivity index (χ0) is 14.4. The van der Waals surface area contributed by atoms with Crippen molar-refractivity contribution in [3.63, 3.8) is 0 Å². The number of nitrogens with one attached hydrogen (secondary N) is 1. The summed E-state index contributed by atoms with van der Waals surface area (Å²) in [6, 6.07) is 5.11. The number of methoxy groups -OCH3 is 1. The number of nitrogens with two attached hydrogens (primary N) is 1. The molecule has 0 bridgehead atoms. The summed E-state index contributed by atoms with van der Waals surface area (Å²) in [5.41, 5.74) is 6.77. The van der Waals surface area contributed by atoms with E-state index in [2.05, 4.69) is 10.2 Å². The lowest BCUT2D eigenvalue weighted by Crippen LogP contribution is -2.39. The lowest BCUT2D eigenvalue weighted by molar-refractivity contribution is 0.0949. The lowest BCUT2D eigenvalue weighted by Gasteiger charge is -2.26. The molecule has 1 fully saturated rings. The van der Waals surface area contributed by atoms with E-state index in [0.29, 0.717) is 23.5 Å². The highest BCUT2D eigenvalue weighted by Crippen LogP contribution is 2.19. The molecule has 0 aromatic heterocycles. The van der Waals surface area contributed by atoms with E-state index < -0.39 is 0 Å². The van der Waals surface area contributed by atoms with Crippen molar-refractivity contribution in [2.24, 2.45) is 0 Å². The van der Waals surface area contributed by atoms with Crippen LogP contribution in [0.1, 0.15) is 10.4 Å². The molecular weight excluding hydrogens is 274 g/mol. The van der Waals surface area contributed by atoms with Crippen molar-refractivity contribution < 1.29 is 9.53 Å². The Kier molecular flexibility index (Phi) is 5.55. The quantitative estimate of drug-likeness (QED) is 0.795. The van der Waals surface area contributed by atoms with Gasteiger partial charge in [0.25, 0.3) is 5.91 Å². The van der Waals surface area contributed by atoms with Crippen LogP contribution in [-0.2, 0) is 0 Å². The van der Waals surface area contributed by atoms with E-state index in [4.69, 9.17) is 10.5 Å². The second-order valence-electron chi connectivity index (χ2n) is 4.66. The summed E-state index contributed by atoms with van der Waals surface area (Å²) in [6.07, 6.45) is 0. The van der Waals surface area contributed by atoms with E-state index >= 15 is 0 Å². The van der Waals surface area contributed by atoms with Crippen molar-refractivity contribution in [2.45, 2.75) is 0 Å². The molecule has 0 saturated carbocycles. The van der Waals surface area contributed by atoms with Crippen LogP contribution in [0.25, 0.3) is 0 Å². The van der Waals surface area contributed by atoms with Crippen LogP contribution in [0, 0.1) is 0 Å². The summed E-state index contributed by atoms with van der Waals surface area (Å²) >= 11 is 1.98. The predicted octanol–water partition coefficient (Wildman–Crippen LogP) is 1.06. The molecule has 0 spiro atoms. The summed E-state index contributed by atoms with van der Waals surface area (Å²) in [6.45, 7) is 3.72. The van der Waals surface area contributed by atoms with Gasteiger partial charge in [-0.2, -0.15) is 11.8 Å². The van der Waals surface area contributed by atoms with Gasteiger partial charge in [-0.05, 0) is 18.2 Å². The van der Waals surface area contributed by atoms with Gasteiger partial charge in [-0.1, -0.05) is 0 Å². The first-order chi connectivity index (χ1) is 9.70. The van der Waals surface area contributed by atoms with E-state index in [9.17, 15) is 4.79 Å². The fraction of sp³-hybridized carbons (Fsp3) is 0.500. The third kappa shape index (κ3) is 4.05. The molecule has 1 aromatic rings. The molecule has 1 aliphatic rings. The standard InChI is InChI=1S/C14H21N3O2S/c1-19-11-2-3-13(15)12(10-11)14(18)16-4-5-17-6-8-20-9-7-17/h2-3,10H,4-9,15H2,1H3,(H,16,18). The highest BCUT2D eigenvalue weighted by molar-refractivity contribution is 7.99. The number of hydrogen-bond donors (Lipinski definition) is 2. The topological polar surface area (TPSA) is 67.6 Å². The molecule has 110 valence electrons. The molecule has 1 aliphatic heterocycles. The molecule has 1 amide bonds. The third-order valence-electron chi connectivity index (χ3n) is 3.32. The van der Waals surface area contributed by atoms with Crippen LogP contribution in [0.15, 0.2) is 18.2 Å². The van der Waals surface area contributed by atoms with Crippen molar-refractivity contribution in [1.82, 2.24) is 10.2 Å². The first kappa shape index (κ1) is 15.0. The number of rotatable bonds is 5. The zero-order valence-corrected chi connectivity index (χ0v) is 12.5. The number of ether oxygens (including phenoxy) is 1. The highest BCUT2D eigenvalue weighted by atomic mass is 32.2. The number of nitrogens with zero attached hydrogens (tertiary/aromatic N) is 1. The molecule has 0 radical (unpaired) electrons. The summed E-state index contributed by atoms with van der Waals surface area (Å²) in [5, 5.41) is 2.92. The number of anilines is 1. The Labute approximate surface area is 123 Å². The minimum Gasteiger partial charge on any atom is -0.497 e. The van der Waals surface area contributed by atoms with E-state index in [0.717, 1.165) is 19.6 Å². The average Bonchev–Trinajstić information content (AvgIpc) is 2.48. The molecule has 20 heavy (non-hydrogen) atoms. The van der Waals surface area contributed by atoms with Crippen molar-refractivity contribution >= 4 is 23.4 Å². The molecule has 2 rings (SSSR count). The SMILES string of the molecule is COc1ccc(N)c(C(=O)NCCN2CCSCC2)c1. The van der Waals surface area contributed by atoms with Crippen molar-refractivity contribution in [2.75, 3.05) is 50.5 Å². The average molecular weight is 295 g/mol. The van der Waals surface area contributed by atoms with E-state index in [1.54, 1.807) is 25.3 Å². The van der Waals surface area contributed by atoms with Crippen LogP contribution in [0.2, 0.25) is 0 Å². The maximum Gasteiger partial charge on any atom is 0.253 e. The fourth-order valence-corrected chi connectivity index (χ4v) is 3.09. The van der Waals surface area contributed by atoms with E-state index in [-0.39, 0.29) is 5.91 Å². The molecule has 3 N–H and O–H groups in total. The molecule has 0 aliphatic carbocycles. The van der Waals surface area contributed by atoms with Gasteiger partial charge in [-0.25, -0.2) is 0 Å². The number of benzene rings is 1. The van der Waals surface area contributed by atoms with Gasteiger partial charge in [0.15, 0.2) is 0 Å². The molecule has 5 nitrogen and oxygen atoms in total. The van der Waals surface area contributed by atoms with Crippen molar-refractivity contribution in [3.05, 3.63) is 23.8 Å². The Morgan fingerprint density at radius 2 is 2.20 bits per heavy atom. The van der Waals surface area contributed by atoms with E-state index in [1.807, 2.05) is 11.8 Å². The first-order valence-corrected chi connectivity index (χ1v) is 7.88. The van der Waals surface area contributed by atoms with Crippen LogP contribution in [0.4, 0.5) is 5.69 Å². The first-order valence-electron chi connectivity index (χ1n) is 6.72. The maximum atomic E-state index is 12.1. The summed E-state index contributed by atoms with van der Waals surface area (Å²) in [5.74, 6) is 2.85. The number of nitrogen functional groups attached to an aromatic ring is 1. The van der Waals surface area contributed by atoms with Crippen LogP contribution < -0.4 is 15.8 Å². The number of hydrogen-bond acceptors (Lipinski definition) is 5. The summed E-state index contributed by atoms with van der Waals surface area (Å²) in [4.78, 5) is 14.5. The molecule has 1 saturated heterocycles. The van der Waals surface area contributed by atoms with Gasteiger partial charge in [0.05, 0.1) is 12.7 Å². The molecule has 6 heteroatoms. The van der Waals surface area contributed by atoms with Gasteiger partial charge < -0.3 is 15.8 Å². The number of thioether (sulfide) groups is 1. The lowest BCUT2D eigenvalue weighted by atomic mass is 10.1. The Morgan fingerprint density at radius 1 is 1.45 bits per heavy atom. The second kappa shape index (κ2) is 7.40. The summed E-state index contributed by atoms with van der Waals surface area (Å²) in [7, 11) is 1.57. The minimum atomic E-state index is -0.146. The molecule has 0 unspecified atom stereocenters. The Hall–Kier alpha value is -1.40. The third-order valence-corrected chi connectivity index (χ3v) is 4.26. The smallest absolute Gasteiger partial charge is 0.253 e. The minimum absolute atomic E-state index is 0.146. The van der Waals surface area contributed by atoms with Crippen molar-refractivity contribution in [1.29, 1.82) is 0 Å². The summed E-state index contributed by atoms with van der Waals surface area (Å²) < 4.78 is 5.11. The Morgan fingerprint density at radius 3 is 2.90 bits per heavy atom. The molecule has 1 heterocycles. The van der Waals surface area contributed by atoms with Gasteiger partial charge in [0.1, 0.15) is 5.75 Å². The number of carbonyl (C=O) groups excluding carboxylic acids is 1. The van der Waals surface area contributed by atoms with Crippen LogP contribution in [-0.4, -0.2) is 55.6 Å². The fourth-order valence-electron chi connectivity index (χ4n) is 2.11. The number of amides is 1. The van der Waals surface area contributed by atoms with Gasteiger partial charge >= 0.3 is 0 Å². The molecular formula is C14H21N3O2S. The largest absolute Gasteiger partial charge is 0.497 e. The predicted molar refractivity (Wildman–Crippen MR) is 83.5 cm³/mol. The molecule has 1 aromatic carbocycles. The molecule has 0 atom stereocenters. The van der Waals surface area contributed by atoms with Crippen LogP contribution in [0.5, 0.6) is 5.75 Å². The van der Waals surface area contributed by atoms with Crippen LogP contribution >= 0.6 is 11.8 Å². The maximum absolute atomic E-state index is 12.1. The highest BCUT2D eigenvalue weighted by Gasteiger charge is 2.13. The monoisotopic (exact) mass is 295 g/mol.